The SMILES string of the molecule is Cc1cc([C@H](O)c2ccccn2)ccc1Cl. The lowest BCUT2D eigenvalue weighted by atomic mass is 10.0. The lowest BCUT2D eigenvalue weighted by Crippen LogP contribution is -2.02. The molecule has 1 aromatic heterocycles. The van der Waals surface area contributed by atoms with Crippen LogP contribution in [-0.4, -0.2) is 10.1 Å². The third-order valence-corrected chi connectivity index (χ3v) is 2.89. The first-order valence-electron chi connectivity index (χ1n) is 5.03. The van der Waals surface area contributed by atoms with Crippen molar-refractivity contribution in [3.05, 3.63) is 64.4 Å². The van der Waals surface area contributed by atoms with Gasteiger partial charge in [0.1, 0.15) is 6.10 Å². The minimum Gasteiger partial charge on any atom is -0.382 e. The molecule has 1 atom stereocenters. The largest absolute Gasteiger partial charge is 0.382 e. The smallest absolute Gasteiger partial charge is 0.121 e. The molecular weight excluding hydrogens is 222 g/mol. The Morgan fingerprint density at radius 1 is 1.25 bits per heavy atom. The van der Waals surface area contributed by atoms with Crippen molar-refractivity contribution < 1.29 is 5.11 Å². The molecule has 0 unspecified atom stereocenters. The number of rotatable bonds is 2. The van der Waals surface area contributed by atoms with Crippen molar-refractivity contribution in [2.45, 2.75) is 13.0 Å². The van der Waals surface area contributed by atoms with E-state index >= 15 is 0 Å². The molecule has 2 aromatic rings. The summed E-state index contributed by atoms with van der Waals surface area (Å²) in [6.45, 7) is 1.91. The number of benzene rings is 1. The first-order chi connectivity index (χ1) is 7.68. The second-order valence-electron chi connectivity index (χ2n) is 3.67. The van der Waals surface area contributed by atoms with Crippen LogP contribution in [0.25, 0.3) is 0 Å². The van der Waals surface area contributed by atoms with E-state index in [4.69, 9.17) is 11.6 Å². The van der Waals surface area contributed by atoms with Crippen molar-refractivity contribution in [1.29, 1.82) is 0 Å². The summed E-state index contributed by atoms with van der Waals surface area (Å²) < 4.78 is 0. The average molecular weight is 234 g/mol. The van der Waals surface area contributed by atoms with E-state index in [9.17, 15) is 5.11 Å². The highest BCUT2D eigenvalue weighted by molar-refractivity contribution is 6.31. The molecule has 0 spiro atoms. The topological polar surface area (TPSA) is 33.1 Å². The second kappa shape index (κ2) is 4.64. The maximum absolute atomic E-state index is 10.1. The zero-order valence-electron chi connectivity index (χ0n) is 8.89. The molecule has 0 fully saturated rings. The molecule has 1 N–H and O–H groups in total. The molecule has 1 heterocycles. The van der Waals surface area contributed by atoms with Gasteiger partial charge in [-0.1, -0.05) is 29.8 Å². The first-order valence-corrected chi connectivity index (χ1v) is 5.41. The van der Waals surface area contributed by atoms with E-state index in [-0.39, 0.29) is 0 Å². The van der Waals surface area contributed by atoms with Gasteiger partial charge in [-0.3, -0.25) is 4.98 Å². The Bertz CT molecular complexity index is 485. The van der Waals surface area contributed by atoms with E-state index < -0.39 is 6.10 Å². The van der Waals surface area contributed by atoms with Crippen LogP contribution in [-0.2, 0) is 0 Å². The molecule has 0 aliphatic heterocycles. The number of pyridine rings is 1. The Morgan fingerprint density at radius 3 is 2.69 bits per heavy atom. The summed E-state index contributed by atoms with van der Waals surface area (Å²) in [6, 6.07) is 11.0. The molecule has 0 radical (unpaired) electrons. The summed E-state index contributed by atoms with van der Waals surface area (Å²) in [5.41, 5.74) is 2.40. The summed E-state index contributed by atoms with van der Waals surface area (Å²) >= 11 is 5.93. The molecule has 16 heavy (non-hydrogen) atoms. The molecule has 2 nitrogen and oxygen atoms in total. The van der Waals surface area contributed by atoms with Crippen molar-refractivity contribution >= 4 is 11.6 Å². The molecule has 1 aromatic carbocycles. The number of nitrogens with zero attached hydrogens (tertiary/aromatic N) is 1. The van der Waals surface area contributed by atoms with Crippen LogP contribution in [0.15, 0.2) is 42.6 Å². The average Bonchev–Trinajstić information content (AvgIpc) is 2.33. The highest BCUT2D eigenvalue weighted by atomic mass is 35.5. The third-order valence-electron chi connectivity index (χ3n) is 2.47. The fourth-order valence-electron chi connectivity index (χ4n) is 1.55. The number of aromatic nitrogens is 1. The molecule has 0 saturated carbocycles. The predicted octanol–water partition coefficient (Wildman–Crippen LogP) is 3.13. The van der Waals surface area contributed by atoms with Gasteiger partial charge in [0.15, 0.2) is 0 Å². The number of aryl methyl sites for hydroxylation is 1. The van der Waals surface area contributed by atoms with Crippen LogP contribution in [0.5, 0.6) is 0 Å². The van der Waals surface area contributed by atoms with Gasteiger partial charge in [-0.2, -0.15) is 0 Å². The van der Waals surface area contributed by atoms with E-state index in [1.165, 1.54) is 0 Å². The van der Waals surface area contributed by atoms with Gasteiger partial charge in [0.2, 0.25) is 0 Å². The molecule has 0 saturated heterocycles. The Kier molecular flexibility index (Phi) is 3.22. The lowest BCUT2D eigenvalue weighted by molar-refractivity contribution is 0.215. The van der Waals surface area contributed by atoms with Gasteiger partial charge < -0.3 is 5.11 Å². The Labute approximate surface area is 99.5 Å². The standard InChI is InChI=1S/C13H12ClNO/c1-9-8-10(5-6-11(9)14)13(16)12-4-2-3-7-15-12/h2-8,13,16H,1H3/t13-/m0/s1. The molecule has 0 aliphatic rings. The fraction of sp³-hybridized carbons (Fsp3) is 0.154. The van der Waals surface area contributed by atoms with Gasteiger partial charge >= 0.3 is 0 Å². The Morgan fingerprint density at radius 2 is 2.06 bits per heavy atom. The van der Waals surface area contributed by atoms with E-state index in [2.05, 4.69) is 4.98 Å². The molecule has 0 amide bonds. The molecule has 0 aliphatic carbocycles. The summed E-state index contributed by atoms with van der Waals surface area (Å²) in [5, 5.41) is 10.8. The number of hydrogen-bond acceptors (Lipinski definition) is 2. The summed E-state index contributed by atoms with van der Waals surface area (Å²) in [7, 11) is 0. The van der Waals surface area contributed by atoms with Crippen LogP contribution in [0.4, 0.5) is 0 Å². The van der Waals surface area contributed by atoms with E-state index in [1.807, 2.05) is 31.2 Å². The van der Waals surface area contributed by atoms with Crippen LogP contribution >= 0.6 is 11.6 Å². The number of aliphatic hydroxyl groups excluding tert-OH is 1. The maximum Gasteiger partial charge on any atom is 0.121 e. The predicted molar refractivity (Wildman–Crippen MR) is 64.5 cm³/mol. The highest BCUT2D eigenvalue weighted by Gasteiger charge is 2.11. The summed E-state index contributed by atoms with van der Waals surface area (Å²) in [4.78, 5) is 4.12. The van der Waals surface area contributed by atoms with Crippen molar-refractivity contribution in [3.63, 3.8) is 0 Å². The third kappa shape index (κ3) is 2.23. The molecule has 3 heteroatoms. The number of halogens is 1. The van der Waals surface area contributed by atoms with Crippen LogP contribution in [0, 0.1) is 6.92 Å². The minimum absolute atomic E-state index is 0.643. The fourth-order valence-corrected chi connectivity index (χ4v) is 1.66. The van der Waals surface area contributed by atoms with E-state index in [0.29, 0.717) is 10.7 Å². The van der Waals surface area contributed by atoms with Crippen LogP contribution < -0.4 is 0 Å². The number of hydrogen-bond donors (Lipinski definition) is 1. The van der Waals surface area contributed by atoms with E-state index in [0.717, 1.165) is 11.1 Å². The maximum atomic E-state index is 10.1. The summed E-state index contributed by atoms with van der Waals surface area (Å²) in [6.07, 6.45) is 0.971. The van der Waals surface area contributed by atoms with Crippen LogP contribution in [0.1, 0.15) is 22.9 Å². The Balaban J connectivity index is 2.34. The quantitative estimate of drug-likeness (QED) is 0.865. The van der Waals surface area contributed by atoms with Gasteiger partial charge in [0, 0.05) is 11.2 Å². The highest BCUT2D eigenvalue weighted by Crippen LogP contribution is 2.24. The Hall–Kier alpha value is -1.38. The van der Waals surface area contributed by atoms with Crippen LogP contribution in [0.3, 0.4) is 0 Å². The van der Waals surface area contributed by atoms with Gasteiger partial charge in [-0.05, 0) is 36.2 Å². The van der Waals surface area contributed by atoms with E-state index in [1.54, 1.807) is 18.3 Å². The molecule has 82 valence electrons. The second-order valence-corrected chi connectivity index (χ2v) is 4.07. The van der Waals surface area contributed by atoms with Gasteiger partial charge in [0.25, 0.3) is 0 Å². The molecule has 0 bridgehead atoms. The molecule has 2 rings (SSSR count). The first kappa shape index (κ1) is 11.1. The lowest BCUT2D eigenvalue weighted by Gasteiger charge is -2.11. The molecular formula is C13H12ClNO. The van der Waals surface area contributed by atoms with Crippen molar-refractivity contribution in [3.8, 4) is 0 Å². The number of aliphatic hydroxyl groups is 1. The zero-order valence-corrected chi connectivity index (χ0v) is 9.65. The van der Waals surface area contributed by atoms with Gasteiger partial charge in [-0.15, -0.1) is 0 Å². The van der Waals surface area contributed by atoms with Crippen molar-refractivity contribution in [2.75, 3.05) is 0 Å². The van der Waals surface area contributed by atoms with Gasteiger partial charge in [-0.25, -0.2) is 0 Å². The van der Waals surface area contributed by atoms with Crippen molar-refractivity contribution in [1.82, 2.24) is 4.98 Å². The summed E-state index contributed by atoms with van der Waals surface area (Å²) in [5.74, 6) is 0. The minimum atomic E-state index is -0.697. The normalized spacial score (nSPS) is 12.4. The van der Waals surface area contributed by atoms with Gasteiger partial charge in [0.05, 0.1) is 5.69 Å². The van der Waals surface area contributed by atoms with Crippen molar-refractivity contribution in [2.24, 2.45) is 0 Å². The van der Waals surface area contributed by atoms with Crippen LogP contribution in [0.2, 0.25) is 5.02 Å². The monoisotopic (exact) mass is 233 g/mol. The zero-order chi connectivity index (χ0) is 11.5.